The zero-order chi connectivity index (χ0) is 31.6. The Morgan fingerprint density at radius 1 is 0.395 bits per heavy atom. The number of hydrogen-bond acceptors (Lipinski definition) is 1. The summed E-state index contributed by atoms with van der Waals surface area (Å²) < 4.78 is 307. The summed E-state index contributed by atoms with van der Waals surface area (Å²) in [5.41, 5.74) is 0. The van der Waals surface area contributed by atoms with E-state index in [9.17, 15) is 105 Å². The summed E-state index contributed by atoms with van der Waals surface area (Å²) in [6.45, 7) is -4.32. The second kappa shape index (κ2) is 9.21. The van der Waals surface area contributed by atoms with Crippen LogP contribution in [0.4, 0.5) is 105 Å². The highest BCUT2D eigenvalue weighted by atomic mass is 19.4. The summed E-state index contributed by atoms with van der Waals surface area (Å²) in [7, 11) is 0. The number of ether oxygens (including phenoxy) is 1. The molecule has 0 spiro atoms. The minimum atomic E-state index is -8.55. The van der Waals surface area contributed by atoms with E-state index in [0.29, 0.717) is 0 Å². The predicted octanol–water partition coefficient (Wildman–Crippen LogP) is 8.32. The molecule has 0 heterocycles. The highest BCUT2D eigenvalue weighted by Crippen LogP contribution is 2.60. The quantitative estimate of drug-likeness (QED) is 0.174. The minimum absolute atomic E-state index is 2.18. The molecule has 0 bridgehead atoms. The van der Waals surface area contributed by atoms with E-state index < -0.39 is 78.2 Å². The van der Waals surface area contributed by atoms with Gasteiger partial charge in [-0.2, -0.15) is 105 Å². The van der Waals surface area contributed by atoms with Crippen LogP contribution in [0.25, 0.3) is 0 Å². The normalized spacial score (nSPS) is 16.9. The van der Waals surface area contributed by atoms with Gasteiger partial charge in [-0.05, 0) is 0 Å². The molecule has 0 aliphatic rings. The molecule has 0 fully saturated rings. The fraction of sp³-hybridized carbons (Fsp3) is 0.846. The highest BCUT2D eigenvalue weighted by molar-refractivity contribution is 5.16. The molecule has 0 atom stereocenters. The average Bonchev–Trinajstić information content (AvgIpc) is 2.68. The van der Waals surface area contributed by atoms with Crippen LogP contribution in [-0.2, 0) is 4.74 Å². The molecular formula is C13H2F24O. The molecule has 0 amide bonds. The van der Waals surface area contributed by atoms with E-state index in [1.54, 1.807) is 0 Å². The summed E-state index contributed by atoms with van der Waals surface area (Å²) in [6.07, 6.45) is -15.5. The van der Waals surface area contributed by atoms with Crippen LogP contribution in [0.1, 0.15) is 0 Å². The maximum Gasteiger partial charge on any atom is 0.460 e. The molecule has 0 saturated carbocycles. The van der Waals surface area contributed by atoms with Crippen molar-refractivity contribution in [3.8, 4) is 0 Å². The van der Waals surface area contributed by atoms with Gasteiger partial charge >= 0.3 is 65.7 Å². The van der Waals surface area contributed by atoms with Crippen molar-refractivity contribution < 1.29 is 110 Å². The Labute approximate surface area is 190 Å². The van der Waals surface area contributed by atoms with Gasteiger partial charge in [-0.1, -0.05) is 0 Å². The molecule has 38 heavy (non-hydrogen) atoms. The molecule has 1 nitrogen and oxygen atoms in total. The third-order valence-corrected chi connectivity index (χ3v) is 3.97. The number of rotatable bonds is 10. The lowest BCUT2D eigenvalue weighted by Crippen LogP contribution is -2.70. The van der Waals surface area contributed by atoms with E-state index in [1.165, 1.54) is 0 Å². The Kier molecular flexibility index (Phi) is 8.70. The van der Waals surface area contributed by atoms with Gasteiger partial charge in [-0.3, -0.25) is 0 Å². The van der Waals surface area contributed by atoms with E-state index in [0.717, 1.165) is 0 Å². The lowest BCUT2D eigenvalue weighted by atomic mass is 9.94. The van der Waals surface area contributed by atoms with Crippen molar-refractivity contribution in [1.29, 1.82) is 0 Å². The zero-order valence-corrected chi connectivity index (χ0v) is 16.2. The topological polar surface area (TPSA) is 9.23 Å². The lowest BCUT2D eigenvalue weighted by molar-refractivity contribution is -0.441. The van der Waals surface area contributed by atoms with Crippen LogP contribution in [0.5, 0.6) is 0 Å². The molecule has 0 aromatic carbocycles. The molecule has 0 radical (unpaired) electrons. The van der Waals surface area contributed by atoms with E-state index in [2.05, 4.69) is 4.74 Å². The van der Waals surface area contributed by atoms with Crippen molar-refractivity contribution >= 4 is 0 Å². The second-order valence-electron chi connectivity index (χ2n) is 6.60. The van der Waals surface area contributed by atoms with Gasteiger partial charge in [0.2, 0.25) is 5.83 Å². The average molecular weight is 630 g/mol. The molecule has 0 aromatic heterocycles. The summed E-state index contributed by atoms with van der Waals surface area (Å²) >= 11 is 0. The van der Waals surface area contributed by atoms with E-state index in [-0.39, 0.29) is 0 Å². The van der Waals surface area contributed by atoms with Crippen LogP contribution in [0.2, 0.25) is 0 Å². The van der Waals surface area contributed by atoms with Crippen molar-refractivity contribution in [2.75, 3.05) is 6.61 Å². The third-order valence-electron chi connectivity index (χ3n) is 3.97. The van der Waals surface area contributed by atoms with Gasteiger partial charge in [0, 0.05) is 0 Å². The fourth-order valence-electron chi connectivity index (χ4n) is 1.75. The number of hydrogen-bond donors (Lipinski definition) is 0. The van der Waals surface area contributed by atoms with Gasteiger partial charge < -0.3 is 4.74 Å². The third kappa shape index (κ3) is 4.96. The molecule has 0 rings (SSSR count). The Bertz CT molecular complexity index is 886. The SMILES string of the molecule is FC(OCC(F)(F)C(F)(F)C(F)(F)C(F)(F)C(F)(F)C(F)(F)F)=C(F)C(F)(F)C(F)(F)C(F)(F)C(F)(F)F. The standard InChI is InChI=1S/C13H2F24O/c14-2(5(18,19)7(22,23)10(28,29)12(32,33)34)3(15)38-1-4(16,17)6(20,21)8(24,25)9(26,27)11(30,31)13(35,36)37/h1H2. The van der Waals surface area contributed by atoms with Gasteiger partial charge in [-0.25, -0.2) is 0 Å². The molecule has 0 aliphatic heterocycles. The summed E-state index contributed by atoms with van der Waals surface area (Å²) in [5, 5.41) is 0. The first kappa shape index (κ1) is 35.9. The highest BCUT2D eigenvalue weighted by Gasteiger charge is 2.91. The first-order valence-electron chi connectivity index (χ1n) is 7.88. The van der Waals surface area contributed by atoms with Crippen LogP contribution in [0.3, 0.4) is 0 Å². The van der Waals surface area contributed by atoms with Crippen LogP contribution in [0.15, 0.2) is 11.8 Å². The first-order chi connectivity index (χ1) is 16.0. The maximum absolute atomic E-state index is 13.3. The fourth-order valence-corrected chi connectivity index (χ4v) is 1.75. The van der Waals surface area contributed by atoms with Crippen molar-refractivity contribution in [3.63, 3.8) is 0 Å². The molecule has 0 saturated heterocycles. The number of alkyl halides is 22. The Morgan fingerprint density at radius 3 is 1.00 bits per heavy atom. The Morgan fingerprint density at radius 2 is 0.684 bits per heavy atom. The Balaban J connectivity index is 6.41. The van der Waals surface area contributed by atoms with Crippen LogP contribution in [0, 0.1) is 0 Å². The molecular weight excluding hydrogens is 628 g/mol. The molecule has 0 aliphatic carbocycles. The van der Waals surface area contributed by atoms with Gasteiger partial charge in [0.25, 0.3) is 0 Å². The van der Waals surface area contributed by atoms with E-state index >= 15 is 0 Å². The van der Waals surface area contributed by atoms with Crippen LogP contribution in [-0.4, -0.2) is 66.3 Å². The molecule has 228 valence electrons. The van der Waals surface area contributed by atoms with Crippen molar-refractivity contribution in [3.05, 3.63) is 11.8 Å². The van der Waals surface area contributed by atoms with Crippen LogP contribution >= 0.6 is 0 Å². The number of allylic oxidation sites excluding steroid dienone is 1. The van der Waals surface area contributed by atoms with Gasteiger partial charge in [0.1, 0.15) is 0 Å². The van der Waals surface area contributed by atoms with Crippen molar-refractivity contribution in [1.82, 2.24) is 0 Å². The molecule has 0 aromatic rings. The summed E-state index contributed by atoms with van der Waals surface area (Å²) in [4.78, 5) is 0. The van der Waals surface area contributed by atoms with Gasteiger partial charge in [-0.15, -0.1) is 0 Å². The molecule has 0 N–H and O–H groups in total. The minimum Gasteiger partial charge on any atom is -0.462 e. The van der Waals surface area contributed by atoms with Gasteiger partial charge in [0.05, 0.1) is 0 Å². The van der Waals surface area contributed by atoms with Gasteiger partial charge in [0.15, 0.2) is 6.61 Å². The largest absolute Gasteiger partial charge is 0.462 e. The predicted molar refractivity (Wildman–Crippen MR) is 66.9 cm³/mol. The van der Waals surface area contributed by atoms with Crippen molar-refractivity contribution in [2.24, 2.45) is 0 Å². The lowest BCUT2D eigenvalue weighted by Gasteiger charge is -2.39. The zero-order valence-electron chi connectivity index (χ0n) is 16.2. The van der Waals surface area contributed by atoms with E-state index in [1.807, 2.05) is 0 Å². The van der Waals surface area contributed by atoms with Crippen molar-refractivity contribution in [2.45, 2.75) is 59.7 Å². The Hall–Kier alpha value is -2.14. The monoisotopic (exact) mass is 630 g/mol. The summed E-state index contributed by atoms with van der Waals surface area (Å²) in [6, 6.07) is -4.58. The summed E-state index contributed by atoms with van der Waals surface area (Å²) in [5.74, 6) is -69.9. The smallest absolute Gasteiger partial charge is 0.460 e. The first-order valence-corrected chi connectivity index (χ1v) is 7.88. The molecule has 25 heteroatoms. The molecule has 0 unspecified atom stereocenters. The second-order valence-corrected chi connectivity index (χ2v) is 6.60. The van der Waals surface area contributed by atoms with E-state index in [4.69, 9.17) is 0 Å². The number of halogens is 24. The maximum atomic E-state index is 13.3. The van der Waals surface area contributed by atoms with Crippen LogP contribution < -0.4 is 0 Å².